The third-order valence-corrected chi connectivity index (χ3v) is 5.12. The van der Waals surface area contributed by atoms with E-state index in [4.69, 9.17) is 42.1 Å². The quantitative estimate of drug-likeness (QED) is 0.313. The van der Waals surface area contributed by atoms with E-state index in [0.717, 1.165) is 0 Å². The van der Waals surface area contributed by atoms with E-state index >= 15 is 0 Å². The Labute approximate surface area is 179 Å². The van der Waals surface area contributed by atoms with Gasteiger partial charge in [0.05, 0.1) is 14.2 Å². The molecule has 0 spiro atoms. The third-order valence-electron chi connectivity index (χ3n) is 4.65. The van der Waals surface area contributed by atoms with E-state index in [-0.39, 0.29) is 35.8 Å². The van der Waals surface area contributed by atoms with Crippen LogP contribution in [0.2, 0.25) is 10.0 Å². The van der Waals surface area contributed by atoms with Gasteiger partial charge in [-0.05, 0) is 37.1 Å². The second-order valence-corrected chi connectivity index (χ2v) is 7.03. The van der Waals surface area contributed by atoms with Crippen molar-refractivity contribution < 1.29 is 28.5 Å². The van der Waals surface area contributed by atoms with E-state index in [1.54, 1.807) is 26.0 Å². The Morgan fingerprint density at radius 1 is 0.759 bits per heavy atom. The fourth-order valence-electron chi connectivity index (χ4n) is 2.76. The van der Waals surface area contributed by atoms with Crippen molar-refractivity contribution in [2.45, 2.75) is 26.7 Å². The number of rotatable bonds is 8. The number of ether oxygens (including phenoxy) is 4. The average molecular weight is 441 g/mol. The molecule has 8 heteroatoms. The van der Waals surface area contributed by atoms with Crippen LogP contribution in [0.25, 0.3) is 0 Å². The standard InChI is InChI=1S/C21H22Cl2O6/c1-5-21(6-2,19(24)28-15-9-7-13(22)11-17(15)26-3)20(25)29-16-10-8-14(23)12-18(16)27-4/h7-12H,5-6H2,1-4H3. The molecule has 0 saturated carbocycles. The lowest BCUT2D eigenvalue weighted by atomic mass is 9.82. The highest BCUT2D eigenvalue weighted by Crippen LogP contribution is 2.37. The minimum absolute atomic E-state index is 0.157. The second-order valence-electron chi connectivity index (χ2n) is 6.16. The van der Waals surface area contributed by atoms with Crippen LogP contribution in [0.3, 0.4) is 0 Å². The van der Waals surface area contributed by atoms with Gasteiger partial charge in [-0.3, -0.25) is 9.59 Å². The van der Waals surface area contributed by atoms with Crippen LogP contribution in [-0.2, 0) is 9.59 Å². The monoisotopic (exact) mass is 440 g/mol. The highest BCUT2D eigenvalue weighted by atomic mass is 35.5. The van der Waals surface area contributed by atoms with Gasteiger partial charge in [-0.15, -0.1) is 0 Å². The maximum absolute atomic E-state index is 13.0. The van der Waals surface area contributed by atoms with Gasteiger partial charge in [-0.25, -0.2) is 0 Å². The number of methoxy groups -OCH3 is 2. The van der Waals surface area contributed by atoms with Crippen molar-refractivity contribution in [2.75, 3.05) is 14.2 Å². The number of benzene rings is 2. The number of carbonyl (C=O) groups excluding carboxylic acids is 2. The van der Waals surface area contributed by atoms with Crippen LogP contribution >= 0.6 is 23.2 Å². The zero-order valence-corrected chi connectivity index (χ0v) is 18.1. The number of halogens is 2. The molecule has 0 saturated heterocycles. The molecule has 2 rings (SSSR count). The first kappa shape index (κ1) is 22.8. The van der Waals surface area contributed by atoms with Crippen molar-refractivity contribution in [1.29, 1.82) is 0 Å². The van der Waals surface area contributed by atoms with Gasteiger partial charge in [0.15, 0.2) is 28.4 Å². The molecule has 0 aliphatic carbocycles. The summed E-state index contributed by atoms with van der Waals surface area (Å²) in [7, 11) is 2.86. The van der Waals surface area contributed by atoms with Crippen molar-refractivity contribution in [3.8, 4) is 23.0 Å². The molecule has 0 fully saturated rings. The molecule has 2 aromatic rings. The van der Waals surface area contributed by atoms with Crippen LogP contribution in [0, 0.1) is 5.41 Å². The predicted molar refractivity (Wildman–Crippen MR) is 110 cm³/mol. The largest absolute Gasteiger partial charge is 0.493 e. The molecule has 2 aromatic carbocycles. The number of hydrogen-bond acceptors (Lipinski definition) is 6. The fourth-order valence-corrected chi connectivity index (χ4v) is 3.08. The molecule has 0 radical (unpaired) electrons. The zero-order chi connectivity index (χ0) is 21.6. The van der Waals surface area contributed by atoms with E-state index in [1.807, 2.05) is 0 Å². The summed E-state index contributed by atoms with van der Waals surface area (Å²) in [6.07, 6.45) is 0.347. The van der Waals surface area contributed by atoms with E-state index in [0.29, 0.717) is 10.0 Å². The van der Waals surface area contributed by atoms with E-state index in [2.05, 4.69) is 0 Å². The maximum Gasteiger partial charge on any atom is 0.329 e. The number of esters is 2. The van der Waals surface area contributed by atoms with E-state index < -0.39 is 17.4 Å². The molecule has 0 aliphatic rings. The molecule has 0 atom stereocenters. The van der Waals surface area contributed by atoms with Gasteiger partial charge in [0, 0.05) is 22.2 Å². The van der Waals surface area contributed by atoms with Crippen LogP contribution in [-0.4, -0.2) is 26.2 Å². The Kier molecular flexibility index (Phi) is 7.76. The van der Waals surface area contributed by atoms with Gasteiger partial charge >= 0.3 is 11.9 Å². The lowest BCUT2D eigenvalue weighted by Crippen LogP contribution is -2.44. The molecule has 29 heavy (non-hydrogen) atoms. The molecule has 156 valence electrons. The Bertz CT molecular complexity index is 823. The Hall–Kier alpha value is -2.44. The maximum atomic E-state index is 13.0. The van der Waals surface area contributed by atoms with Crippen LogP contribution in [0.15, 0.2) is 36.4 Å². The molecule has 0 amide bonds. The minimum atomic E-state index is -1.52. The molecule has 6 nitrogen and oxygen atoms in total. The summed E-state index contributed by atoms with van der Waals surface area (Å²) in [5.41, 5.74) is -1.52. The molecule has 0 bridgehead atoms. The fraction of sp³-hybridized carbons (Fsp3) is 0.333. The van der Waals surface area contributed by atoms with Gasteiger partial charge in [0.25, 0.3) is 0 Å². The summed E-state index contributed by atoms with van der Waals surface area (Å²) in [6.45, 7) is 3.43. The lowest BCUT2D eigenvalue weighted by molar-refractivity contribution is -0.161. The summed E-state index contributed by atoms with van der Waals surface area (Å²) in [5.74, 6) is -0.628. The van der Waals surface area contributed by atoms with Crippen LogP contribution < -0.4 is 18.9 Å². The summed E-state index contributed by atoms with van der Waals surface area (Å²) >= 11 is 11.9. The van der Waals surface area contributed by atoms with Crippen LogP contribution in [0.4, 0.5) is 0 Å². The Morgan fingerprint density at radius 3 is 1.45 bits per heavy atom. The topological polar surface area (TPSA) is 71.1 Å². The number of carbonyl (C=O) groups is 2. The Morgan fingerprint density at radius 2 is 1.14 bits per heavy atom. The van der Waals surface area contributed by atoms with Crippen molar-refractivity contribution >= 4 is 35.1 Å². The van der Waals surface area contributed by atoms with Gasteiger partial charge in [-0.2, -0.15) is 0 Å². The van der Waals surface area contributed by atoms with Crippen molar-refractivity contribution in [1.82, 2.24) is 0 Å². The van der Waals surface area contributed by atoms with E-state index in [1.165, 1.54) is 38.5 Å². The lowest BCUT2D eigenvalue weighted by Gasteiger charge is -2.27. The minimum Gasteiger partial charge on any atom is -0.493 e. The molecule has 0 aromatic heterocycles. The first-order valence-corrected chi connectivity index (χ1v) is 9.68. The van der Waals surface area contributed by atoms with Gasteiger partial charge in [0.2, 0.25) is 0 Å². The molecule has 0 N–H and O–H groups in total. The van der Waals surface area contributed by atoms with Gasteiger partial charge in [-0.1, -0.05) is 37.0 Å². The predicted octanol–water partition coefficient (Wildman–Crippen LogP) is 5.33. The number of hydrogen-bond donors (Lipinski definition) is 0. The SMILES string of the molecule is CCC(CC)(C(=O)Oc1ccc(Cl)cc1OC)C(=O)Oc1ccc(Cl)cc1OC. The highest BCUT2D eigenvalue weighted by Gasteiger charge is 2.47. The van der Waals surface area contributed by atoms with Crippen molar-refractivity contribution in [3.63, 3.8) is 0 Å². The van der Waals surface area contributed by atoms with E-state index in [9.17, 15) is 9.59 Å². The third kappa shape index (κ3) is 4.95. The van der Waals surface area contributed by atoms with Crippen LogP contribution in [0.1, 0.15) is 26.7 Å². The Balaban J connectivity index is 2.32. The first-order chi connectivity index (χ1) is 13.8. The zero-order valence-electron chi connectivity index (χ0n) is 16.6. The van der Waals surface area contributed by atoms with Gasteiger partial charge < -0.3 is 18.9 Å². The average Bonchev–Trinajstić information content (AvgIpc) is 2.71. The molecule has 0 aliphatic heterocycles. The molecule has 0 heterocycles. The second kappa shape index (κ2) is 9.85. The van der Waals surface area contributed by atoms with Crippen molar-refractivity contribution in [2.24, 2.45) is 5.41 Å². The summed E-state index contributed by atoms with van der Waals surface area (Å²) in [4.78, 5) is 26.1. The van der Waals surface area contributed by atoms with Gasteiger partial charge in [0.1, 0.15) is 0 Å². The first-order valence-electron chi connectivity index (χ1n) is 8.92. The normalized spacial score (nSPS) is 11.0. The molecular formula is C21H22Cl2O6. The highest BCUT2D eigenvalue weighted by molar-refractivity contribution is 6.31. The van der Waals surface area contributed by atoms with Crippen molar-refractivity contribution in [3.05, 3.63) is 46.4 Å². The van der Waals surface area contributed by atoms with Crippen LogP contribution in [0.5, 0.6) is 23.0 Å². The summed E-state index contributed by atoms with van der Waals surface area (Å²) < 4.78 is 21.4. The summed E-state index contributed by atoms with van der Waals surface area (Å²) in [6, 6.07) is 9.15. The summed E-state index contributed by atoms with van der Waals surface area (Å²) in [5, 5.41) is 0.848. The smallest absolute Gasteiger partial charge is 0.329 e. The molecular weight excluding hydrogens is 419 g/mol. The molecule has 0 unspecified atom stereocenters.